The SMILES string of the molecule is COc1ccc(C=O)cc1-c1cccc(S(C)(=O)=O)c1. The second-order valence-corrected chi connectivity index (χ2v) is 6.39. The highest BCUT2D eigenvalue weighted by atomic mass is 32.2. The van der Waals surface area contributed by atoms with Gasteiger partial charge in [-0.3, -0.25) is 4.79 Å². The van der Waals surface area contributed by atoms with Crippen LogP contribution in [0.3, 0.4) is 0 Å². The second-order valence-electron chi connectivity index (χ2n) is 4.38. The van der Waals surface area contributed by atoms with Crippen LogP contribution in [0.25, 0.3) is 11.1 Å². The molecule has 0 saturated carbocycles. The standard InChI is InChI=1S/C15H14O4S/c1-19-15-7-6-11(10-16)8-14(15)12-4-3-5-13(9-12)20(2,17)18/h3-10H,1-2H3. The number of sulfone groups is 1. The third-order valence-electron chi connectivity index (χ3n) is 2.93. The molecule has 0 fully saturated rings. The van der Waals surface area contributed by atoms with Crippen molar-refractivity contribution in [3.63, 3.8) is 0 Å². The Kier molecular flexibility index (Phi) is 3.90. The Morgan fingerprint density at radius 3 is 2.45 bits per heavy atom. The van der Waals surface area contributed by atoms with Gasteiger partial charge < -0.3 is 4.74 Å². The number of rotatable bonds is 4. The van der Waals surface area contributed by atoms with E-state index < -0.39 is 9.84 Å². The molecule has 0 aliphatic heterocycles. The van der Waals surface area contributed by atoms with Gasteiger partial charge in [0.05, 0.1) is 12.0 Å². The van der Waals surface area contributed by atoms with Crippen LogP contribution in [0.2, 0.25) is 0 Å². The Balaban J connectivity index is 2.64. The first-order valence-corrected chi connectivity index (χ1v) is 7.78. The van der Waals surface area contributed by atoms with Crippen molar-refractivity contribution in [2.45, 2.75) is 4.90 Å². The molecule has 0 radical (unpaired) electrons. The maximum atomic E-state index is 11.6. The van der Waals surface area contributed by atoms with Crippen molar-refractivity contribution in [2.24, 2.45) is 0 Å². The molecule has 0 heterocycles. The van der Waals surface area contributed by atoms with Crippen molar-refractivity contribution in [2.75, 3.05) is 13.4 Å². The van der Waals surface area contributed by atoms with Crippen molar-refractivity contribution in [1.29, 1.82) is 0 Å². The minimum absolute atomic E-state index is 0.230. The van der Waals surface area contributed by atoms with Crippen LogP contribution in [0, 0.1) is 0 Å². The van der Waals surface area contributed by atoms with Gasteiger partial charge in [0.1, 0.15) is 12.0 Å². The van der Waals surface area contributed by atoms with Crippen molar-refractivity contribution in [3.05, 3.63) is 48.0 Å². The highest BCUT2D eigenvalue weighted by Gasteiger charge is 2.11. The van der Waals surface area contributed by atoms with E-state index in [0.29, 0.717) is 22.4 Å². The fraction of sp³-hybridized carbons (Fsp3) is 0.133. The van der Waals surface area contributed by atoms with E-state index in [1.54, 1.807) is 36.4 Å². The summed E-state index contributed by atoms with van der Waals surface area (Å²) in [5.74, 6) is 0.584. The lowest BCUT2D eigenvalue weighted by molar-refractivity contribution is 0.112. The molecule has 0 aliphatic carbocycles. The largest absolute Gasteiger partial charge is 0.496 e. The number of benzene rings is 2. The van der Waals surface area contributed by atoms with Crippen molar-refractivity contribution in [1.82, 2.24) is 0 Å². The zero-order valence-corrected chi connectivity index (χ0v) is 12.0. The van der Waals surface area contributed by atoms with E-state index in [-0.39, 0.29) is 4.90 Å². The summed E-state index contributed by atoms with van der Waals surface area (Å²) >= 11 is 0. The van der Waals surface area contributed by atoms with Gasteiger partial charge in [0, 0.05) is 17.4 Å². The molecule has 0 saturated heterocycles. The Morgan fingerprint density at radius 1 is 1.10 bits per heavy atom. The highest BCUT2D eigenvalue weighted by Crippen LogP contribution is 2.31. The van der Waals surface area contributed by atoms with E-state index >= 15 is 0 Å². The van der Waals surface area contributed by atoms with Crippen molar-refractivity contribution >= 4 is 16.1 Å². The monoisotopic (exact) mass is 290 g/mol. The molecule has 2 aromatic carbocycles. The van der Waals surface area contributed by atoms with Crippen LogP contribution in [0.1, 0.15) is 10.4 Å². The van der Waals surface area contributed by atoms with E-state index in [1.807, 2.05) is 0 Å². The Morgan fingerprint density at radius 2 is 1.85 bits per heavy atom. The average molecular weight is 290 g/mol. The summed E-state index contributed by atoms with van der Waals surface area (Å²) in [5, 5.41) is 0. The molecule has 0 unspecified atom stereocenters. The number of methoxy groups -OCH3 is 1. The van der Waals surface area contributed by atoms with E-state index in [1.165, 1.54) is 13.2 Å². The van der Waals surface area contributed by atoms with Gasteiger partial charge >= 0.3 is 0 Å². The zero-order valence-electron chi connectivity index (χ0n) is 11.2. The van der Waals surface area contributed by atoms with Gasteiger partial charge in [0.2, 0.25) is 0 Å². The molecular formula is C15H14O4S. The molecule has 0 aromatic heterocycles. The quantitative estimate of drug-likeness (QED) is 0.812. The van der Waals surface area contributed by atoms with Crippen LogP contribution >= 0.6 is 0 Å². The van der Waals surface area contributed by atoms with E-state index in [2.05, 4.69) is 0 Å². The first-order valence-electron chi connectivity index (χ1n) is 5.89. The lowest BCUT2D eigenvalue weighted by Crippen LogP contribution is -1.97. The number of hydrogen-bond acceptors (Lipinski definition) is 4. The lowest BCUT2D eigenvalue weighted by Gasteiger charge is -2.10. The molecule has 0 bridgehead atoms. The van der Waals surface area contributed by atoms with E-state index in [4.69, 9.17) is 4.74 Å². The first-order chi connectivity index (χ1) is 9.45. The van der Waals surface area contributed by atoms with Crippen molar-refractivity contribution in [3.8, 4) is 16.9 Å². The van der Waals surface area contributed by atoms with Gasteiger partial charge in [-0.15, -0.1) is 0 Å². The van der Waals surface area contributed by atoms with Crippen LogP contribution in [0.5, 0.6) is 5.75 Å². The maximum absolute atomic E-state index is 11.6. The molecule has 2 rings (SSSR count). The van der Waals surface area contributed by atoms with Gasteiger partial charge in [-0.1, -0.05) is 12.1 Å². The molecule has 0 spiro atoms. The maximum Gasteiger partial charge on any atom is 0.175 e. The third kappa shape index (κ3) is 2.88. The van der Waals surface area contributed by atoms with E-state index in [9.17, 15) is 13.2 Å². The smallest absolute Gasteiger partial charge is 0.175 e. The molecule has 0 N–H and O–H groups in total. The summed E-state index contributed by atoms with van der Waals surface area (Å²) in [6.45, 7) is 0. The van der Waals surface area contributed by atoms with Gasteiger partial charge in [0.25, 0.3) is 0 Å². The molecule has 0 aliphatic rings. The fourth-order valence-electron chi connectivity index (χ4n) is 1.92. The number of carbonyl (C=O) groups is 1. The van der Waals surface area contributed by atoms with Crippen LogP contribution in [0.15, 0.2) is 47.4 Å². The predicted molar refractivity (Wildman–Crippen MR) is 76.9 cm³/mol. The van der Waals surface area contributed by atoms with Crippen LogP contribution in [-0.4, -0.2) is 28.1 Å². The summed E-state index contributed by atoms with van der Waals surface area (Å²) < 4.78 is 28.5. The summed E-state index contributed by atoms with van der Waals surface area (Å²) in [4.78, 5) is 11.1. The Labute approximate surface area is 117 Å². The van der Waals surface area contributed by atoms with Crippen LogP contribution in [-0.2, 0) is 9.84 Å². The van der Waals surface area contributed by atoms with Gasteiger partial charge in [-0.2, -0.15) is 0 Å². The van der Waals surface area contributed by atoms with Gasteiger partial charge in [-0.25, -0.2) is 8.42 Å². The Bertz CT molecular complexity index is 748. The molecule has 0 atom stereocenters. The average Bonchev–Trinajstić information content (AvgIpc) is 2.45. The fourth-order valence-corrected chi connectivity index (χ4v) is 2.59. The summed E-state index contributed by atoms with van der Waals surface area (Å²) in [7, 11) is -1.75. The molecule has 0 amide bonds. The molecule has 20 heavy (non-hydrogen) atoms. The zero-order chi connectivity index (χ0) is 14.8. The normalized spacial score (nSPS) is 11.1. The minimum Gasteiger partial charge on any atom is -0.496 e. The number of aldehydes is 1. The summed E-state index contributed by atoms with van der Waals surface area (Å²) in [6, 6.07) is 11.6. The van der Waals surface area contributed by atoms with E-state index in [0.717, 1.165) is 12.5 Å². The second kappa shape index (κ2) is 5.46. The Hall–Kier alpha value is -2.14. The predicted octanol–water partition coefficient (Wildman–Crippen LogP) is 2.58. The van der Waals surface area contributed by atoms with Crippen LogP contribution < -0.4 is 4.74 Å². The van der Waals surface area contributed by atoms with Gasteiger partial charge in [-0.05, 0) is 35.9 Å². The minimum atomic E-state index is -3.28. The van der Waals surface area contributed by atoms with Crippen molar-refractivity contribution < 1.29 is 17.9 Å². The molecule has 2 aromatic rings. The van der Waals surface area contributed by atoms with Gasteiger partial charge in [0.15, 0.2) is 9.84 Å². The molecule has 104 valence electrons. The third-order valence-corrected chi connectivity index (χ3v) is 4.04. The highest BCUT2D eigenvalue weighted by molar-refractivity contribution is 7.90. The van der Waals surface area contributed by atoms with Crippen LogP contribution in [0.4, 0.5) is 0 Å². The molecule has 5 heteroatoms. The number of ether oxygens (including phenoxy) is 1. The first kappa shape index (κ1) is 14.3. The summed E-state index contributed by atoms with van der Waals surface area (Å²) in [6.07, 6.45) is 1.90. The number of hydrogen-bond donors (Lipinski definition) is 0. The summed E-state index contributed by atoms with van der Waals surface area (Å²) in [5.41, 5.74) is 1.88. The number of carbonyl (C=O) groups excluding carboxylic acids is 1. The molecular weight excluding hydrogens is 276 g/mol. The lowest BCUT2D eigenvalue weighted by atomic mass is 10.0. The topological polar surface area (TPSA) is 60.4 Å². The molecule has 4 nitrogen and oxygen atoms in total.